The maximum Gasteiger partial charge on any atom is 0.334 e. The number of rotatable bonds is 2. The van der Waals surface area contributed by atoms with Crippen LogP contribution in [0.15, 0.2) is 24.0 Å². The molecule has 0 radical (unpaired) electrons. The van der Waals surface area contributed by atoms with E-state index in [2.05, 4.69) is 38.2 Å². The summed E-state index contributed by atoms with van der Waals surface area (Å²) in [6.45, 7) is 3.91. The Hall–Kier alpha value is -2.04. The quantitative estimate of drug-likeness (QED) is 0.758. The average molecular weight is 400 g/mol. The molecule has 148 valence electrons. The molecule has 1 aromatic carbocycles. The lowest BCUT2D eigenvalue weighted by Crippen LogP contribution is -2.51. The molecule has 28 heavy (non-hydrogen) atoms. The smallest absolute Gasteiger partial charge is 0.334 e. The predicted molar refractivity (Wildman–Crippen MR) is 110 cm³/mol. The van der Waals surface area contributed by atoms with Gasteiger partial charge in [-0.3, -0.25) is 4.90 Å². The molecule has 5 rings (SSSR count). The van der Waals surface area contributed by atoms with Crippen molar-refractivity contribution in [2.75, 3.05) is 20.2 Å². The molecule has 1 saturated heterocycles. The molecule has 4 heterocycles. The van der Waals surface area contributed by atoms with Gasteiger partial charge in [-0.25, -0.2) is 4.79 Å². The van der Waals surface area contributed by atoms with Gasteiger partial charge in [0.25, 0.3) is 0 Å². The molecule has 0 bridgehead atoms. The number of carboxylic acid groups (broad SMARTS) is 1. The van der Waals surface area contributed by atoms with Crippen LogP contribution in [0.2, 0.25) is 0 Å². The Labute approximate surface area is 166 Å². The van der Waals surface area contributed by atoms with Crippen molar-refractivity contribution in [2.24, 2.45) is 11.8 Å². The number of methoxy groups -OCH3 is 1. The summed E-state index contributed by atoms with van der Waals surface area (Å²) in [5, 5.41) is 11.9. The third-order valence-corrected chi connectivity index (χ3v) is 7.26. The SMILES string of the molecule is COc1cc2c3c([nH]c2cc1P)C1CC2C(C(=O)O)=COC(C)C2CN1CC3. The van der Waals surface area contributed by atoms with Gasteiger partial charge in [0.2, 0.25) is 0 Å². The molecule has 3 aliphatic heterocycles. The molecule has 2 N–H and O–H groups in total. The van der Waals surface area contributed by atoms with E-state index in [1.807, 2.05) is 0 Å². The van der Waals surface area contributed by atoms with E-state index < -0.39 is 5.97 Å². The number of benzene rings is 1. The number of carboxylic acids is 1. The Bertz CT molecular complexity index is 998. The third kappa shape index (κ3) is 2.58. The van der Waals surface area contributed by atoms with Gasteiger partial charge in [-0.05, 0) is 37.5 Å². The van der Waals surface area contributed by atoms with E-state index in [4.69, 9.17) is 9.47 Å². The number of H-pyrrole nitrogens is 1. The van der Waals surface area contributed by atoms with E-state index in [0.29, 0.717) is 5.57 Å². The van der Waals surface area contributed by atoms with Crippen molar-refractivity contribution in [3.8, 4) is 5.75 Å². The van der Waals surface area contributed by atoms with Crippen LogP contribution in [-0.4, -0.2) is 47.3 Å². The van der Waals surface area contributed by atoms with Gasteiger partial charge >= 0.3 is 5.97 Å². The van der Waals surface area contributed by atoms with E-state index in [9.17, 15) is 9.90 Å². The summed E-state index contributed by atoms with van der Waals surface area (Å²) in [6, 6.07) is 4.45. The third-order valence-electron chi connectivity index (χ3n) is 6.81. The van der Waals surface area contributed by atoms with Crippen LogP contribution in [0.1, 0.15) is 30.6 Å². The van der Waals surface area contributed by atoms with Gasteiger partial charge in [0.1, 0.15) is 5.75 Å². The lowest BCUT2D eigenvalue weighted by atomic mass is 9.72. The fourth-order valence-electron chi connectivity index (χ4n) is 5.35. The number of piperidine rings is 1. The van der Waals surface area contributed by atoms with E-state index in [1.165, 1.54) is 22.9 Å². The number of aromatic amines is 1. The minimum atomic E-state index is -0.861. The first-order chi connectivity index (χ1) is 13.5. The number of aromatic nitrogens is 1. The molecule has 0 aliphatic carbocycles. The van der Waals surface area contributed by atoms with Gasteiger partial charge in [-0.1, -0.05) is 0 Å². The topological polar surface area (TPSA) is 74.8 Å². The second-order valence-electron chi connectivity index (χ2n) is 8.14. The molecule has 1 aromatic heterocycles. The summed E-state index contributed by atoms with van der Waals surface area (Å²) in [4.78, 5) is 17.9. The fraction of sp³-hybridized carbons (Fsp3) is 0.476. The summed E-state index contributed by atoms with van der Waals surface area (Å²) < 4.78 is 11.2. The Balaban J connectivity index is 1.57. The summed E-state index contributed by atoms with van der Waals surface area (Å²) in [5.41, 5.74) is 4.12. The normalized spacial score (nSPS) is 29.3. The van der Waals surface area contributed by atoms with E-state index in [0.717, 1.165) is 42.5 Å². The molecule has 0 saturated carbocycles. The van der Waals surface area contributed by atoms with Crippen molar-refractivity contribution >= 4 is 31.4 Å². The Morgan fingerprint density at radius 3 is 3.00 bits per heavy atom. The molecule has 5 unspecified atom stereocenters. The number of nitrogens with one attached hydrogen (secondary N) is 1. The van der Waals surface area contributed by atoms with Crippen molar-refractivity contribution < 1.29 is 19.4 Å². The van der Waals surface area contributed by atoms with Gasteiger partial charge in [0, 0.05) is 46.8 Å². The molecule has 3 aliphatic rings. The van der Waals surface area contributed by atoms with E-state index in [-0.39, 0.29) is 24.0 Å². The van der Waals surface area contributed by atoms with Crippen LogP contribution < -0.4 is 10.0 Å². The highest BCUT2D eigenvalue weighted by Gasteiger charge is 2.46. The highest BCUT2D eigenvalue weighted by atomic mass is 31.0. The monoisotopic (exact) mass is 400 g/mol. The van der Waals surface area contributed by atoms with Crippen LogP contribution in [0.4, 0.5) is 0 Å². The van der Waals surface area contributed by atoms with Crippen LogP contribution in [0.3, 0.4) is 0 Å². The largest absolute Gasteiger partial charge is 0.497 e. The second kappa shape index (κ2) is 6.50. The zero-order valence-electron chi connectivity index (χ0n) is 16.1. The molecule has 1 fully saturated rings. The van der Waals surface area contributed by atoms with Crippen LogP contribution in [0.5, 0.6) is 5.75 Å². The van der Waals surface area contributed by atoms with Crippen molar-refractivity contribution in [3.63, 3.8) is 0 Å². The van der Waals surface area contributed by atoms with E-state index in [1.54, 1.807) is 7.11 Å². The highest BCUT2D eigenvalue weighted by molar-refractivity contribution is 7.27. The van der Waals surface area contributed by atoms with Gasteiger partial charge < -0.3 is 19.6 Å². The minimum absolute atomic E-state index is 0.0201. The van der Waals surface area contributed by atoms with Gasteiger partial charge in [-0.15, -0.1) is 9.24 Å². The highest BCUT2D eigenvalue weighted by Crippen LogP contribution is 2.47. The lowest BCUT2D eigenvalue weighted by Gasteiger charge is -2.49. The van der Waals surface area contributed by atoms with Crippen LogP contribution >= 0.6 is 9.24 Å². The lowest BCUT2D eigenvalue weighted by molar-refractivity contribution is -0.135. The first-order valence-corrected chi connectivity index (χ1v) is 10.4. The summed E-state index contributed by atoms with van der Waals surface area (Å²) in [5.74, 6) is 0.254. The number of carbonyl (C=O) groups is 1. The zero-order chi connectivity index (χ0) is 19.6. The van der Waals surface area contributed by atoms with Crippen LogP contribution in [0, 0.1) is 11.8 Å². The number of hydrogen-bond acceptors (Lipinski definition) is 4. The standard InChI is InChI=1S/C21H25N2O4P/c1-10-14-8-23-4-3-11-13-6-18(26-2)19(28)7-16(13)22-20(11)17(23)5-12(14)15(9-27-10)21(24)25/h6-7,9-10,12,14,17,22H,3-5,8,28H2,1-2H3,(H,24,25). The van der Waals surface area contributed by atoms with Gasteiger partial charge in [0.05, 0.1) is 31.1 Å². The van der Waals surface area contributed by atoms with Crippen molar-refractivity contribution in [3.05, 3.63) is 35.2 Å². The first-order valence-electron chi connectivity index (χ1n) is 9.78. The molecule has 0 amide bonds. The van der Waals surface area contributed by atoms with Gasteiger partial charge in [-0.2, -0.15) is 0 Å². The zero-order valence-corrected chi connectivity index (χ0v) is 17.2. The number of aliphatic carboxylic acids is 1. The Kier molecular flexibility index (Phi) is 4.18. The minimum Gasteiger partial charge on any atom is -0.497 e. The summed E-state index contributed by atoms with van der Waals surface area (Å²) in [7, 11) is 4.43. The molecule has 6 nitrogen and oxygen atoms in total. The number of hydrogen-bond donors (Lipinski definition) is 2. The van der Waals surface area contributed by atoms with Crippen LogP contribution in [-0.2, 0) is 16.0 Å². The Morgan fingerprint density at radius 1 is 1.43 bits per heavy atom. The van der Waals surface area contributed by atoms with Crippen molar-refractivity contribution in [1.82, 2.24) is 9.88 Å². The molecule has 7 heteroatoms. The fourth-order valence-corrected chi connectivity index (χ4v) is 5.72. The molecule has 2 aromatic rings. The maximum atomic E-state index is 11.8. The Morgan fingerprint density at radius 2 is 2.25 bits per heavy atom. The molecular weight excluding hydrogens is 375 g/mol. The van der Waals surface area contributed by atoms with E-state index >= 15 is 0 Å². The second-order valence-corrected chi connectivity index (χ2v) is 8.77. The van der Waals surface area contributed by atoms with Crippen molar-refractivity contribution in [2.45, 2.75) is 31.9 Å². The molecule has 5 atom stereocenters. The van der Waals surface area contributed by atoms with Crippen molar-refractivity contribution in [1.29, 1.82) is 0 Å². The summed E-state index contributed by atoms with van der Waals surface area (Å²) >= 11 is 0. The number of nitrogens with zero attached hydrogens (tertiary/aromatic N) is 1. The predicted octanol–water partition coefficient (Wildman–Crippen LogP) is 2.60. The molecular formula is C21H25N2O4P. The van der Waals surface area contributed by atoms with Gasteiger partial charge in [0.15, 0.2) is 0 Å². The maximum absolute atomic E-state index is 11.8. The first kappa shape index (κ1) is 18.0. The summed E-state index contributed by atoms with van der Waals surface area (Å²) in [6.07, 6.45) is 3.31. The number of fused-ring (bicyclic) bond motifs is 6. The van der Waals surface area contributed by atoms with Crippen LogP contribution in [0.25, 0.3) is 10.9 Å². The molecule has 0 spiro atoms. The average Bonchev–Trinajstić information content (AvgIpc) is 3.03. The number of ether oxygens (including phenoxy) is 2.